The van der Waals surface area contributed by atoms with Crippen molar-refractivity contribution in [2.75, 3.05) is 17.8 Å². The van der Waals surface area contributed by atoms with Gasteiger partial charge in [0.2, 0.25) is 0 Å². The molecule has 32 heavy (non-hydrogen) atoms. The molecule has 4 rings (SSSR count). The van der Waals surface area contributed by atoms with Crippen LogP contribution in [0.2, 0.25) is 0 Å². The maximum Gasteiger partial charge on any atom is 0.347 e. The second-order valence-corrected chi connectivity index (χ2v) is 16.8. The average Bonchev–Trinajstić information content (AvgIpc) is 3.11. The number of fused-ring (bicyclic) bond motifs is 5. The van der Waals surface area contributed by atoms with Gasteiger partial charge >= 0.3 is 5.30 Å². The summed E-state index contributed by atoms with van der Waals surface area (Å²) in [6.45, 7) is 12.0. The zero-order valence-electron chi connectivity index (χ0n) is 21.6. The van der Waals surface area contributed by atoms with Crippen molar-refractivity contribution >= 4 is 15.3 Å². The minimum atomic E-state index is -1.57. The van der Waals surface area contributed by atoms with E-state index in [0.717, 1.165) is 48.0 Å². The van der Waals surface area contributed by atoms with Gasteiger partial charge in [-0.05, 0) is 121 Å². The lowest BCUT2D eigenvalue weighted by Crippen LogP contribution is -2.56. The van der Waals surface area contributed by atoms with Crippen LogP contribution in [0, 0.1) is 52.3 Å². The highest BCUT2D eigenvalue weighted by atomic mass is 32.3. The van der Waals surface area contributed by atoms with E-state index < -0.39 is 15.3 Å². The molecule has 0 aliphatic heterocycles. The van der Waals surface area contributed by atoms with Crippen LogP contribution in [0.5, 0.6) is 0 Å². The molecule has 4 saturated carbocycles. The topological polar surface area (TPSA) is 57.5 Å². The summed E-state index contributed by atoms with van der Waals surface area (Å²) in [6, 6.07) is 0. The van der Waals surface area contributed by atoms with Gasteiger partial charge in [0, 0.05) is 0 Å². The third kappa shape index (κ3) is 3.78. The molecule has 0 spiro atoms. The Labute approximate surface area is 198 Å². The van der Waals surface area contributed by atoms with Gasteiger partial charge in [-0.2, -0.15) is 0 Å². The van der Waals surface area contributed by atoms with Crippen molar-refractivity contribution in [2.45, 2.75) is 98.5 Å². The molecule has 0 radical (unpaired) electrons. The van der Waals surface area contributed by atoms with Gasteiger partial charge < -0.3 is 10.2 Å². The second kappa shape index (κ2) is 8.77. The average molecular weight is 467 g/mol. The van der Waals surface area contributed by atoms with Crippen LogP contribution in [-0.4, -0.2) is 39.4 Å². The summed E-state index contributed by atoms with van der Waals surface area (Å²) in [6.07, 6.45) is 13.2. The zero-order chi connectivity index (χ0) is 23.5. The highest BCUT2D eigenvalue weighted by Gasteiger charge is 2.62. The fraction of sp³-hybridized carbons (Fsp3) is 0.964. The van der Waals surface area contributed by atoms with Crippen molar-refractivity contribution in [3.8, 4) is 0 Å². The molecule has 4 aliphatic rings. The number of aliphatic hydroxyl groups is 1. The summed E-state index contributed by atoms with van der Waals surface area (Å²) in [5.41, 5.74) is 0.810. The first kappa shape index (κ1) is 24.9. The molecule has 5 unspecified atom stereocenters. The van der Waals surface area contributed by atoms with E-state index in [9.17, 15) is 15.0 Å². The normalized spacial score (nSPS) is 49.8. The Morgan fingerprint density at radius 2 is 1.66 bits per heavy atom. The maximum absolute atomic E-state index is 12.0. The summed E-state index contributed by atoms with van der Waals surface area (Å²) in [5.74, 6) is 6.87. The lowest BCUT2D eigenvalue weighted by atomic mass is 9.42. The molecule has 0 saturated heterocycles. The highest BCUT2D eigenvalue weighted by molar-refractivity contribution is 8.44. The number of carboxylic acid groups (broad SMARTS) is 1. The van der Waals surface area contributed by atoms with Gasteiger partial charge in [0.05, 0.1) is 6.10 Å². The molecule has 186 valence electrons. The number of hydrogen-bond donors (Lipinski definition) is 2. The Hall–Kier alpha value is -0.220. The molecule has 4 heteroatoms. The molecule has 3 nitrogen and oxygen atoms in total. The summed E-state index contributed by atoms with van der Waals surface area (Å²) < 4.78 is 0. The molecule has 0 aromatic carbocycles. The largest absolute Gasteiger partial charge is 0.474 e. The quantitative estimate of drug-likeness (QED) is 0.443. The van der Waals surface area contributed by atoms with Gasteiger partial charge in [-0.3, -0.25) is 0 Å². The monoisotopic (exact) mass is 466 g/mol. The first-order valence-corrected chi connectivity index (χ1v) is 16.0. The molecular weight excluding hydrogens is 416 g/mol. The molecule has 4 aliphatic carbocycles. The summed E-state index contributed by atoms with van der Waals surface area (Å²) in [4.78, 5) is 12.0. The molecule has 0 aromatic heterocycles. The van der Waals surface area contributed by atoms with Gasteiger partial charge in [-0.25, -0.2) is 4.79 Å². The van der Waals surface area contributed by atoms with Gasteiger partial charge in [0.25, 0.3) is 0 Å². The third-order valence-corrected chi connectivity index (χ3v) is 15.2. The Morgan fingerprint density at radius 3 is 2.28 bits per heavy atom. The maximum atomic E-state index is 12.0. The summed E-state index contributed by atoms with van der Waals surface area (Å²) in [5, 5.41) is 19.8. The van der Waals surface area contributed by atoms with Crippen molar-refractivity contribution in [3.63, 3.8) is 0 Å². The number of rotatable bonds is 5. The predicted molar refractivity (Wildman–Crippen MR) is 136 cm³/mol. The lowest BCUT2D eigenvalue weighted by molar-refractivity contribution is -0.152. The van der Waals surface area contributed by atoms with Crippen molar-refractivity contribution in [1.29, 1.82) is 0 Å². The van der Waals surface area contributed by atoms with Crippen molar-refractivity contribution in [2.24, 2.45) is 52.3 Å². The van der Waals surface area contributed by atoms with Crippen LogP contribution in [-0.2, 0) is 0 Å². The molecule has 0 amide bonds. The van der Waals surface area contributed by atoms with Crippen LogP contribution in [0.25, 0.3) is 0 Å². The van der Waals surface area contributed by atoms with E-state index in [1.165, 1.54) is 44.9 Å². The SMILES string of the molecule is CC[C@H]1CC2C(CC[C@@]3(C)C2CC[C@@H]3[C@H](C)CS(C)(CC)C(=O)O)[C@@]2(C)CC[C@@H](O)CC12. The standard InChI is InChI=1S/C28H50O3S/c1-7-19-15-21-23-10-9-22(18(3)17-32(6,8-2)26(30)31)27(23,4)14-12-24(21)28(5)13-11-20(29)16-25(19)28/h18-25,29H,7-17H2,1-6H3,(H,30,31)/t18-,19+,20-,21?,22-,23?,24?,25?,27-,28-/m1/s1. The Balaban J connectivity index is 1.57. The van der Waals surface area contributed by atoms with E-state index >= 15 is 0 Å². The minimum Gasteiger partial charge on any atom is -0.474 e. The predicted octanol–water partition coefficient (Wildman–Crippen LogP) is 7.41. The van der Waals surface area contributed by atoms with Gasteiger partial charge in [0.15, 0.2) is 0 Å². The van der Waals surface area contributed by atoms with E-state index in [-0.39, 0.29) is 6.10 Å². The van der Waals surface area contributed by atoms with E-state index in [2.05, 4.69) is 34.6 Å². The molecule has 11 atom stereocenters. The summed E-state index contributed by atoms with van der Waals surface area (Å²) >= 11 is 0. The molecule has 0 heterocycles. The minimum absolute atomic E-state index is 0.0751. The Kier molecular flexibility index (Phi) is 6.82. The van der Waals surface area contributed by atoms with Crippen LogP contribution < -0.4 is 0 Å². The number of aliphatic hydroxyl groups excluding tert-OH is 1. The van der Waals surface area contributed by atoms with Gasteiger partial charge in [0.1, 0.15) is 0 Å². The van der Waals surface area contributed by atoms with E-state index in [1.807, 2.05) is 6.26 Å². The molecule has 0 aromatic rings. The fourth-order valence-corrected chi connectivity index (χ4v) is 11.9. The smallest absolute Gasteiger partial charge is 0.347 e. The first-order valence-electron chi connectivity index (χ1n) is 13.6. The van der Waals surface area contributed by atoms with Crippen molar-refractivity contribution < 1.29 is 15.0 Å². The molecule has 2 N–H and O–H groups in total. The van der Waals surface area contributed by atoms with E-state index in [1.54, 1.807) is 0 Å². The van der Waals surface area contributed by atoms with Crippen LogP contribution in [0.1, 0.15) is 92.4 Å². The zero-order valence-corrected chi connectivity index (χ0v) is 22.4. The van der Waals surface area contributed by atoms with E-state index in [4.69, 9.17) is 0 Å². The molecular formula is C28H50O3S. The van der Waals surface area contributed by atoms with Crippen molar-refractivity contribution in [1.82, 2.24) is 0 Å². The van der Waals surface area contributed by atoms with E-state index in [0.29, 0.717) is 28.6 Å². The Bertz CT molecular complexity index is 711. The van der Waals surface area contributed by atoms with Crippen molar-refractivity contribution in [3.05, 3.63) is 0 Å². The highest BCUT2D eigenvalue weighted by Crippen LogP contribution is 2.69. The van der Waals surface area contributed by atoms with Crippen LogP contribution in [0.3, 0.4) is 0 Å². The molecule has 0 bridgehead atoms. The third-order valence-electron chi connectivity index (χ3n) is 11.8. The van der Waals surface area contributed by atoms with Crippen LogP contribution in [0.15, 0.2) is 0 Å². The van der Waals surface area contributed by atoms with Gasteiger partial charge in [-0.1, -0.05) is 41.0 Å². The second-order valence-electron chi connectivity index (χ2n) is 13.0. The van der Waals surface area contributed by atoms with Gasteiger partial charge in [-0.15, -0.1) is 10.0 Å². The lowest BCUT2D eigenvalue weighted by Gasteiger charge is -2.63. The van der Waals surface area contributed by atoms with Crippen LogP contribution >= 0.6 is 10.0 Å². The number of carbonyl (C=O) groups is 1. The first-order chi connectivity index (χ1) is 15.0. The fourth-order valence-electron chi connectivity index (χ4n) is 9.92. The molecule has 4 fully saturated rings. The Morgan fingerprint density at radius 1 is 1.00 bits per heavy atom. The van der Waals surface area contributed by atoms with Crippen LogP contribution in [0.4, 0.5) is 4.79 Å². The summed E-state index contributed by atoms with van der Waals surface area (Å²) in [7, 11) is -1.57. The number of hydrogen-bond acceptors (Lipinski definition) is 2.